The van der Waals surface area contributed by atoms with Gasteiger partial charge >= 0.3 is 5.97 Å². The normalized spacial score (nSPS) is 22.1. The third-order valence-electron chi connectivity index (χ3n) is 4.64. The Morgan fingerprint density at radius 1 is 1.15 bits per heavy atom. The van der Waals surface area contributed by atoms with Crippen LogP contribution in [0.5, 0.6) is 0 Å². The van der Waals surface area contributed by atoms with Crippen molar-refractivity contribution in [2.24, 2.45) is 0 Å². The van der Waals surface area contributed by atoms with Gasteiger partial charge < -0.3 is 20.1 Å². The Hall–Kier alpha value is -1.98. The lowest BCUT2D eigenvalue weighted by Crippen LogP contribution is -2.48. The van der Waals surface area contributed by atoms with Crippen LogP contribution in [0.1, 0.15) is 21.5 Å². The number of carbonyl (C=O) groups is 1. The van der Waals surface area contributed by atoms with Crippen LogP contribution in [-0.4, -0.2) is 47.4 Å². The predicted molar refractivity (Wildman–Crippen MR) is 103 cm³/mol. The summed E-state index contributed by atoms with van der Waals surface area (Å²) in [5.41, 5.74) is 1.89. The molecule has 2 aromatic carbocycles. The van der Waals surface area contributed by atoms with Crippen molar-refractivity contribution < 1.29 is 24.1 Å². The second-order valence-electron chi connectivity index (χ2n) is 6.90. The number of hydrogen-bond donors (Lipinski definition) is 3. The summed E-state index contributed by atoms with van der Waals surface area (Å²) in [7, 11) is -3.33. The van der Waals surface area contributed by atoms with Crippen LogP contribution in [0.25, 0.3) is 0 Å². The first-order chi connectivity index (χ1) is 12.9. The standard InChI is InChI=1S/C20H24NO5P/c22-20(23)19-9-5-4-8-16(19)10-17-12-26-18(11-21-17)14-27(24,25)13-15-6-2-1-3-7-15/h1-9,17-18,21H,10-14H2,(H,22,23)(H,24,25)/t17-,18-/m1/s1. The highest BCUT2D eigenvalue weighted by molar-refractivity contribution is 7.57. The van der Waals surface area contributed by atoms with E-state index in [0.29, 0.717) is 25.1 Å². The van der Waals surface area contributed by atoms with Crippen molar-refractivity contribution in [1.29, 1.82) is 0 Å². The molecule has 1 aliphatic heterocycles. The molecule has 0 spiro atoms. The van der Waals surface area contributed by atoms with Gasteiger partial charge in [-0.25, -0.2) is 4.79 Å². The van der Waals surface area contributed by atoms with E-state index in [1.165, 1.54) is 0 Å². The first kappa shape index (κ1) is 19.8. The summed E-state index contributed by atoms with van der Waals surface area (Å²) in [5.74, 6) is -0.942. The molecule has 3 rings (SSSR count). The maximum atomic E-state index is 12.5. The zero-order valence-electron chi connectivity index (χ0n) is 15.0. The molecule has 0 aliphatic carbocycles. The largest absolute Gasteiger partial charge is 0.478 e. The Bertz CT molecular complexity index is 818. The number of nitrogens with one attached hydrogen (secondary N) is 1. The number of carboxylic acids is 1. The van der Waals surface area contributed by atoms with Gasteiger partial charge in [-0.3, -0.25) is 4.57 Å². The molecule has 0 aromatic heterocycles. The summed E-state index contributed by atoms with van der Waals surface area (Å²) >= 11 is 0. The van der Waals surface area contributed by atoms with E-state index in [1.807, 2.05) is 36.4 Å². The molecule has 0 bridgehead atoms. The smallest absolute Gasteiger partial charge is 0.335 e. The van der Waals surface area contributed by atoms with Gasteiger partial charge in [0.15, 0.2) is 0 Å². The fraction of sp³-hybridized carbons (Fsp3) is 0.350. The molecule has 6 nitrogen and oxygen atoms in total. The molecule has 27 heavy (non-hydrogen) atoms. The quantitative estimate of drug-likeness (QED) is 0.631. The summed E-state index contributed by atoms with van der Waals surface area (Å²) in [5, 5.41) is 12.6. The molecule has 1 heterocycles. The van der Waals surface area contributed by atoms with Crippen LogP contribution in [0.15, 0.2) is 54.6 Å². The van der Waals surface area contributed by atoms with Gasteiger partial charge in [0.2, 0.25) is 7.37 Å². The molecule has 2 aromatic rings. The van der Waals surface area contributed by atoms with Crippen LogP contribution in [-0.2, 0) is 21.9 Å². The lowest BCUT2D eigenvalue weighted by atomic mass is 10.00. The van der Waals surface area contributed by atoms with E-state index < -0.39 is 13.3 Å². The lowest BCUT2D eigenvalue weighted by Gasteiger charge is -2.31. The first-order valence-corrected chi connectivity index (χ1v) is 11.0. The van der Waals surface area contributed by atoms with E-state index in [-0.39, 0.29) is 24.5 Å². The van der Waals surface area contributed by atoms with Crippen molar-refractivity contribution in [3.63, 3.8) is 0 Å². The third-order valence-corrected chi connectivity index (χ3v) is 6.48. The summed E-state index contributed by atoms with van der Waals surface area (Å²) in [6.45, 7) is 0.850. The molecule has 0 amide bonds. The molecule has 1 aliphatic rings. The van der Waals surface area contributed by atoms with Crippen molar-refractivity contribution >= 4 is 13.3 Å². The van der Waals surface area contributed by atoms with E-state index in [2.05, 4.69) is 5.32 Å². The Labute approximate surface area is 158 Å². The van der Waals surface area contributed by atoms with E-state index in [0.717, 1.165) is 11.1 Å². The average molecular weight is 389 g/mol. The van der Waals surface area contributed by atoms with Gasteiger partial charge in [0, 0.05) is 18.7 Å². The number of morpholine rings is 1. The van der Waals surface area contributed by atoms with E-state index in [4.69, 9.17) is 4.74 Å². The van der Waals surface area contributed by atoms with Crippen LogP contribution in [0.4, 0.5) is 0 Å². The highest BCUT2D eigenvalue weighted by Gasteiger charge is 2.29. The Balaban J connectivity index is 1.52. The zero-order valence-corrected chi connectivity index (χ0v) is 15.8. The number of rotatable bonds is 7. The summed E-state index contributed by atoms with van der Waals surface area (Å²) < 4.78 is 18.3. The van der Waals surface area contributed by atoms with E-state index in [1.54, 1.807) is 18.2 Å². The number of ether oxygens (including phenoxy) is 1. The van der Waals surface area contributed by atoms with Crippen LogP contribution >= 0.6 is 7.37 Å². The van der Waals surface area contributed by atoms with Gasteiger partial charge in [-0.05, 0) is 23.6 Å². The SMILES string of the molecule is O=C(O)c1ccccc1C[C@@H]1CO[C@@H](CP(=O)(O)Cc2ccccc2)CN1. The van der Waals surface area contributed by atoms with Crippen LogP contribution in [0, 0.1) is 0 Å². The van der Waals surface area contributed by atoms with Crippen molar-refractivity contribution in [2.75, 3.05) is 19.3 Å². The molecule has 3 N–H and O–H groups in total. The second kappa shape index (κ2) is 8.81. The van der Waals surface area contributed by atoms with Crippen molar-refractivity contribution in [2.45, 2.75) is 24.7 Å². The minimum absolute atomic E-state index is 0.0195. The molecule has 1 saturated heterocycles. The van der Waals surface area contributed by atoms with Gasteiger partial charge in [-0.1, -0.05) is 48.5 Å². The number of aromatic carboxylic acids is 1. The monoisotopic (exact) mass is 389 g/mol. The van der Waals surface area contributed by atoms with Crippen molar-refractivity contribution in [3.05, 3.63) is 71.3 Å². The van der Waals surface area contributed by atoms with Crippen molar-refractivity contribution in [3.8, 4) is 0 Å². The predicted octanol–water partition coefficient (Wildman–Crippen LogP) is 2.75. The maximum absolute atomic E-state index is 12.5. The summed E-state index contributed by atoms with van der Waals surface area (Å²) in [6.07, 6.45) is 0.461. The topological polar surface area (TPSA) is 95.9 Å². The summed E-state index contributed by atoms with van der Waals surface area (Å²) in [4.78, 5) is 21.6. The van der Waals surface area contributed by atoms with Gasteiger partial charge in [0.05, 0.1) is 24.4 Å². The molecule has 1 unspecified atom stereocenters. The zero-order chi connectivity index (χ0) is 19.3. The molecular formula is C20H24NO5P. The highest BCUT2D eigenvalue weighted by Crippen LogP contribution is 2.45. The number of benzene rings is 2. The lowest BCUT2D eigenvalue weighted by molar-refractivity contribution is 0.0161. The van der Waals surface area contributed by atoms with Crippen molar-refractivity contribution in [1.82, 2.24) is 5.32 Å². The minimum atomic E-state index is -3.33. The van der Waals surface area contributed by atoms with E-state index in [9.17, 15) is 19.4 Å². The molecule has 0 radical (unpaired) electrons. The van der Waals surface area contributed by atoms with E-state index >= 15 is 0 Å². The van der Waals surface area contributed by atoms with Gasteiger partial charge in [0.25, 0.3) is 0 Å². The molecule has 1 fully saturated rings. The first-order valence-electron chi connectivity index (χ1n) is 8.94. The fourth-order valence-corrected chi connectivity index (χ4v) is 5.12. The molecule has 0 saturated carbocycles. The number of hydrogen-bond acceptors (Lipinski definition) is 4. The fourth-order valence-electron chi connectivity index (χ4n) is 3.34. The minimum Gasteiger partial charge on any atom is -0.478 e. The Morgan fingerprint density at radius 3 is 2.52 bits per heavy atom. The molecular weight excluding hydrogens is 365 g/mol. The third kappa shape index (κ3) is 5.75. The maximum Gasteiger partial charge on any atom is 0.335 e. The van der Waals surface area contributed by atoms with Gasteiger partial charge in [0.1, 0.15) is 0 Å². The average Bonchev–Trinajstić information content (AvgIpc) is 2.64. The molecule has 144 valence electrons. The molecule has 7 heteroatoms. The van der Waals surface area contributed by atoms with Crippen LogP contribution in [0.2, 0.25) is 0 Å². The van der Waals surface area contributed by atoms with Gasteiger partial charge in [-0.15, -0.1) is 0 Å². The van der Waals surface area contributed by atoms with Gasteiger partial charge in [-0.2, -0.15) is 0 Å². The van der Waals surface area contributed by atoms with Crippen LogP contribution in [0.3, 0.4) is 0 Å². The number of carboxylic acid groups (broad SMARTS) is 1. The highest BCUT2D eigenvalue weighted by atomic mass is 31.2. The Morgan fingerprint density at radius 2 is 1.85 bits per heavy atom. The molecule has 3 atom stereocenters. The second-order valence-corrected chi connectivity index (χ2v) is 9.27. The summed E-state index contributed by atoms with van der Waals surface area (Å²) in [6, 6.07) is 16.2. The van der Waals surface area contributed by atoms with Crippen LogP contribution < -0.4 is 5.32 Å². The Kier molecular flexibility index (Phi) is 6.45.